The van der Waals surface area contributed by atoms with Gasteiger partial charge in [0.05, 0.1) is 0 Å². The minimum Gasteiger partial charge on any atom is -0.470 e. The minimum atomic E-state index is -1.06. The van der Waals surface area contributed by atoms with Gasteiger partial charge in [-0.25, -0.2) is 4.79 Å². The highest BCUT2D eigenvalue weighted by atomic mass is 16.6. The molecule has 1 amide bonds. The molecule has 2 atom stereocenters. The number of para-hydroxylation sites is 1. The van der Waals surface area contributed by atoms with Crippen LogP contribution in [-0.2, 0) is 23.9 Å². The molecule has 0 aliphatic carbocycles. The third-order valence-electron chi connectivity index (χ3n) is 5.03. The van der Waals surface area contributed by atoms with Crippen molar-refractivity contribution in [1.29, 1.82) is 0 Å². The number of amides is 1. The second-order valence-electron chi connectivity index (χ2n) is 7.22. The van der Waals surface area contributed by atoms with Crippen molar-refractivity contribution >= 4 is 23.3 Å². The fraction of sp³-hybridized carbons (Fsp3) is 0.292. The molecule has 1 aliphatic rings. The van der Waals surface area contributed by atoms with Gasteiger partial charge in [-0.15, -0.1) is 0 Å². The van der Waals surface area contributed by atoms with Crippen molar-refractivity contribution in [2.24, 2.45) is 0 Å². The molecule has 0 fully saturated rings. The van der Waals surface area contributed by atoms with Crippen LogP contribution in [0.25, 0.3) is 0 Å². The number of carbonyl (C=O) groups is 3. The number of benzene rings is 2. The van der Waals surface area contributed by atoms with Crippen LogP contribution in [0.4, 0.5) is 5.69 Å². The van der Waals surface area contributed by atoms with Gasteiger partial charge in [-0.3, -0.25) is 9.59 Å². The Balaban J connectivity index is 1.60. The lowest BCUT2D eigenvalue weighted by Crippen LogP contribution is -2.38. The average molecular weight is 422 g/mol. The largest absolute Gasteiger partial charge is 0.470 e. The van der Waals surface area contributed by atoms with Crippen LogP contribution < -0.4 is 10.6 Å². The van der Waals surface area contributed by atoms with Gasteiger partial charge in [0.1, 0.15) is 0 Å². The molecule has 0 aromatic heterocycles. The van der Waals surface area contributed by atoms with E-state index in [4.69, 9.17) is 9.47 Å². The number of anilines is 1. The van der Waals surface area contributed by atoms with E-state index in [0.717, 1.165) is 12.0 Å². The Hall–Kier alpha value is -3.61. The molecule has 2 N–H and O–H groups in total. The molecular weight excluding hydrogens is 396 g/mol. The van der Waals surface area contributed by atoms with E-state index in [9.17, 15) is 14.4 Å². The van der Waals surface area contributed by atoms with Crippen LogP contribution in [0.15, 0.2) is 72.1 Å². The van der Waals surface area contributed by atoms with Gasteiger partial charge in [0.25, 0.3) is 5.91 Å². The van der Waals surface area contributed by atoms with E-state index < -0.39 is 23.8 Å². The summed E-state index contributed by atoms with van der Waals surface area (Å²) in [5.41, 5.74) is 1.57. The van der Waals surface area contributed by atoms with Gasteiger partial charge in [-0.05, 0) is 31.0 Å². The first-order chi connectivity index (χ1) is 15.0. The van der Waals surface area contributed by atoms with Crippen molar-refractivity contribution in [1.82, 2.24) is 5.32 Å². The van der Waals surface area contributed by atoms with Crippen LogP contribution in [0.2, 0.25) is 0 Å². The zero-order valence-corrected chi connectivity index (χ0v) is 17.6. The number of carbonyl (C=O) groups excluding carboxylic acids is 3. The molecule has 1 heterocycles. The number of nitrogens with one attached hydrogen (secondary N) is 2. The molecule has 0 bridgehead atoms. The van der Waals surface area contributed by atoms with E-state index in [2.05, 4.69) is 10.6 Å². The molecule has 7 nitrogen and oxygen atoms in total. The van der Waals surface area contributed by atoms with E-state index in [1.807, 2.05) is 55.5 Å². The van der Waals surface area contributed by atoms with Crippen LogP contribution in [0, 0.1) is 0 Å². The first-order valence-corrected chi connectivity index (χ1v) is 10.3. The van der Waals surface area contributed by atoms with Gasteiger partial charge in [0.15, 0.2) is 18.3 Å². The Kier molecular flexibility index (Phi) is 7.43. The maximum absolute atomic E-state index is 12.6. The summed E-state index contributed by atoms with van der Waals surface area (Å²) < 4.78 is 10.6. The predicted molar refractivity (Wildman–Crippen MR) is 116 cm³/mol. The SMILES string of the molecule is CC[C@H](CNC(=O)[C@H](C)OC(=O)C1=C(Nc2ccccc2)OCC1=O)c1ccccc1. The molecule has 7 heteroatoms. The molecule has 0 spiro atoms. The predicted octanol–water partition coefficient (Wildman–Crippen LogP) is 3.15. The number of ketones is 1. The number of ether oxygens (including phenoxy) is 2. The highest BCUT2D eigenvalue weighted by Gasteiger charge is 2.34. The van der Waals surface area contributed by atoms with Crippen molar-refractivity contribution in [2.45, 2.75) is 32.3 Å². The molecular formula is C24H26N2O5. The first-order valence-electron chi connectivity index (χ1n) is 10.3. The summed E-state index contributed by atoms with van der Waals surface area (Å²) in [5.74, 6) is -1.62. The summed E-state index contributed by atoms with van der Waals surface area (Å²) in [5, 5.41) is 5.73. The molecule has 0 saturated heterocycles. The molecule has 3 rings (SSSR count). The summed E-state index contributed by atoms with van der Waals surface area (Å²) in [7, 11) is 0. The topological polar surface area (TPSA) is 93.7 Å². The lowest BCUT2D eigenvalue weighted by molar-refractivity contribution is -0.151. The van der Waals surface area contributed by atoms with Crippen LogP contribution in [0.5, 0.6) is 0 Å². The van der Waals surface area contributed by atoms with Crippen molar-refractivity contribution in [3.05, 3.63) is 77.7 Å². The van der Waals surface area contributed by atoms with E-state index in [1.165, 1.54) is 6.92 Å². The highest BCUT2D eigenvalue weighted by Crippen LogP contribution is 2.21. The summed E-state index contributed by atoms with van der Waals surface area (Å²) in [6.07, 6.45) is -0.203. The molecule has 1 aliphatic heterocycles. The van der Waals surface area contributed by atoms with Crippen LogP contribution in [0.3, 0.4) is 0 Å². The Morgan fingerprint density at radius 1 is 1.06 bits per heavy atom. The van der Waals surface area contributed by atoms with Gasteiger partial charge in [-0.2, -0.15) is 0 Å². The van der Waals surface area contributed by atoms with Crippen LogP contribution >= 0.6 is 0 Å². The van der Waals surface area contributed by atoms with Crippen molar-refractivity contribution in [3.8, 4) is 0 Å². The van der Waals surface area contributed by atoms with E-state index in [-0.39, 0.29) is 24.0 Å². The van der Waals surface area contributed by atoms with Crippen molar-refractivity contribution < 1.29 is 23.9 Å². The van der Waals surface area contributed by atoms with Gasteiger partial charge in [0, 0.05) is 18.2 Å². The maximum atomic E-state index is 12.6. The van der Waals surface area contributed by atoms with Gasteiger partial charge < -0.3 is 20.1 Å². The van der Waals surface area contributed by atoms with Gasteiger partial charge >= 0.3 is 5.97 Å². The molecule has 0 saturated carbocycles. The maximum Gasteiger partial charge on any atom is 0.348 e. The van der Waals surface area contributed by atoms with Gasteiger partial charge in [0.2, 0.25) is 11.7 Å². The zero-order valence-electron chi connectivity index (χ0n) is 17.6. The smallest absolute Gasteiger partial charge is 0.348 e. The highest BCUT2D eigenvalue weighted by molar-refractivity contribution is 6.20. The molecule has 31 heavy (non-hydrogen) atoms. The Morgan fingerprint density at radius 3 is 2.35 bits per heavy atom. The number of hydrogen-bond acceptors (Lipinski definition) is 6. The van der Waals surface area contributed by atoms with Crippen LogP contribution in [-0.4, -0.2) is 36.9 Å². The Morgan fingerprint density at radius 2 is 1.71 bits per heavy atom. The Bertz CT molecular complexity index is 956. The van der Waals surface area contributed by atoms with Gasteiger partial charge in [-0.1, -0.05) is 55.5 Å². The fourth-order valence-corrected chi connectivity index (χ4v) is 3.23. The van der Waals surface area contributed by atoms with Crippen molar-refractivity contribution in [2.75, 3.05) is 18.5 Å². The molecule has 162 valence electrons. The lowest BCUT2D eigenvalue weighted by Gasteiger charge is -2.18. The third kappa shape index (κ3) is 5.72. The Labute approximate surface area is 181 Å². The quantitative estimate of drug-likeness (QED) is 0.476. The molecule has 2 aromatic carbocycles. The number of rotatable bonds is 9. The van der Waals surface area contributed by atoms with E-state index in [1.54, 1.807) is 12.1 Å². The molecule has 2 aromatic rings. The summed E-state index contributed by atoms with van der Waals surface area (Å²) in [6.45, 7) is 3.69. The standard InChI is InChI=1S/C24H26N2O5/c1-3-17(18-10-6-4-7-11-18)14-25-22(28)16(2)31-24(29)21-20(27)15-30-23(21)26-19-12-8-5-9-13-19/h4-13,16-17,26H,3,14-15H2,1-2H3,(H,25,28)/t16-,17+/m0/s1. The summed E-state index contributed by atoms with van der Waals surface area (Å²) in [4.78, 5) is 37.2. The number of esters is 1. The summed E-state index contributed by atoms with van der Waals surface area (Å²) in [6, 6.07) is 18.9. The fourth-order valence-electron chi connectivity index (χ4n) is 3.23. The molecule has 0 radical (unpaired) electrons. The second kappa shape index (κ2) is 10.4. The normalized spacial score (nSPS) is 15.1. The average Bonchev–Trinajstić information content (AvgIpc) is 3.15. The van der Waals surface area contributed by atoms with E-state index >= 15 is 0 Å². The van der Waals surface area contributed by atoms with Crippen molar-refractivity contribution in [3.63, 3.8) is 0 Å². The van der Waals surface area contributed by atoms with Crippen LogP contribution in [0.1, 0.15) is 31.7 Å². The number of Topliss-reactive ketones (excluding diaryl/α,β-unsaturated/α-hetero) is 1. The van der Waals surface area contributed by atoms with E-state index in [0.29, 0.717) is 12.2 Å². The third-order valence-corrected chi connectivity index (χ3v) is 5.03. The lowest BCUT2D eigenvalue weighted by atomic mass is 9.96. The monoisotopic (exact) mass is 422 g/mol. The first kappa shape index (κ1) is 22.1. The minimum absolute atomic E-state index is 0.0314. The number of hydrogen-bond donors (Lipinski definition) is 2. The second-order valence-corrected chi connectivity index (χ2v) is 7.22. The molecule has 0 unspecified atom stereocenters. The zero-order chi connectivity index (χ0) is 22.2. The summed E-state index contributed by atoms with van der Waals surface area (Å²) >= 11 is 0.